The summed E-state index contributed by atoms with van der Waals surface area (Å²) >= 11 is 0. The van der Waals surface area contributed by atoms with Crippen molar-refractivity contribution in [3.8, 4) is 0 Å². The van der Waals surface area contributed by atoms with Crippen LogP contribution >= 0.6 is 0 Å². The molecule has 2 amide bonds. The highest BCUT2D eigenvalue weighted by Crippen LogP contribution is 2.26. The SMILES string of the molecule is CC(NC(=O)C(C)(C)C)C(=O)N1C[C@H]2CNC[C@H]2C1. The number of hydrogen-bond acceptors (Lipinski definition) is 3. The van der Waals surface area contributed by atoms with Crippen LogP contribution in [0, 0.1) is 17.3 Å². The second-order valence-corrected chi connectivity index (χ2v) is 6.87. The van der Waals surface area contributed by atoms with Crippen molar-refractivity contribution >= 4 is 11.8 Å². The van der Waals surface area contributed by atoms with Gasteiger partial charge in [-0.05, 0) is 18.8 Å². The molecular weight excluding hydrogens is 242 g/mol. The fraction of sp³-hybridized carbons (Fsp3) is 0.857. The Bertz CT molecular complexity index is 363. The van der Waals surface area contributed by atoms with Gasteiger partial charge in [0, 0.05) is 31.6 Å². The molecule has 0 radical (unpaired) electrons. The van der Waals surface area contributed by atoms with Crippen LogP contribution in [0.2, 0.25) is 0 Å². The Labute approximate surface area is 115 Å². The number of amides is 2. The van der Waals surface area contributed by atoms with E-state index in [-0.39, 0.29) is 11.8 Å². The Balaban J connectivity index is 1.88. The van der Waals surface area contributed by atoms with Crippen LogP contribution < -0.4 is 10.6 Å². The molecule has 1 unspecified atom stereocenters. The van der Waals surface area contributed by atoms with E-state index in [1.807, 2.05) is 25.7 Å². The zero-order valence-electron chi connectivity index (χ0n) is 12.3. The highest BCUT2D eigenvalue weighted by atomic mass is 16.2. The number of hydrogen-bond donors (Lipinski definition) is 2. The lowest BCUT2D eigenvalue weighted by Crippen LogP contribution is -2.49. The first-order valence-electron chi connectivity index (χ1n) is 7.09. The van der Waals surface area contributed by atoms with Gasteiger partial charge in [0.25, 0.3) is 0 Å². The van der Waals surface area contributed by atoms with Crippen molar-refractivity contribution < 1.29 is 9.59 Å². The third-order valence-corrected chi connectivity index (χ3v) is 4.10. The molecule has 5 nitrogen and oxygen atoms in total. The number of carbonyl (C=O) groups excluding carboxylic acids is 2. The standard InChI is InChI=1S/C14H25N3O2/c1-9(16-13(19)14(2,3)4)12(18)17-7-10-5-15-6-11(10)8-17/h9-11,15H,5-8H2,1-4H3,(H,16,19)/t9?,10-,11+. The number of nitrogens with one attached hydrogen (secondary N) is 2. The fourth-order valence-corrected chi connectivity index (χ4v) is 2.78. The number of likely N-dealkylation sites (tertiary alicyclic amines) is 1. The summed E-state index contributed by atoms with van der Waals surface area (Å²) < 4.78 is 0. The Kier molecular flexibility index (Phi) is 3.85. The van der Waals surface area contributed by atoms with E-state index in [1.165, 1.54) is 0 Å². The lowest BCUT2D eigenvalue weighted by atomic mass is 9.95. The lowest BCUT2D eigenvalue weighted by molar-refractivity contribution is -0.137. The summed E-state index contributed by atoms with van der Waals surface area (Å²) in [5.41, 5.74) is -0.458. The van der Waals surface area contributed by atoms with Gasteiger partial charge < -0.3 is 15.5 Å². The van der Waals surface area contributed by atoms with Crippen LogP contribution in [0.5, 0.6) is 0 Å². The van der Waals surface area contributed by atoms with E-state index in [0.29, 0.717) is 11.8 Å². The molecule has 0 saturated carbocycles. The lowest BCUT2D eigenvalue weighted by Gasteiger charge is -2.25. The molecule has 0 spiro atoms. The first-order valence-corrected chi connectivity index (χ1v) is 7.09. The Hall–Kier alpha value is -1.10. The van der Waals surface area contributed by atoms with Crippen LogP contribution in [0.4, 0.5) is 0 Å². The van der Waals surface area contributed by atoms with Gasteiger partial charge in [-0.15, -0.1) is 0 Å². The van der Waals surface area contributed by atoms with Crippen molar-refractivity contribution in [1.29, 1.82) is 0 Å². The summed E-state index contributed by atoms with van der Waals surface area (Å²) in [6.07, 6.45) is 0. The molecule has 0 aromatic heterocycles. The van der Waals surface area contributed by atoms with Gasteiger partial charge in [0.15, 0.2) is 0 Å². The molecule has 0 aliphatic carbocycles. The van der Waals surface area contributed by atoms with Crippen LogP contribution in [0.25, 0.3) is 0 Å². The van der Waals surface area contributed by atoms with Crippen molar-refractivity contribution in [3.05, 3.63) is 0 Å². The molecule has 0 bridgehead atoms. The maximum absolute atomic E-state index is 12.3. The monoisotopic (exact) mass is 267 g/mol. The second kappa shape index (κ2) is 5.12. The van der Waals surface area contributed by atoms with Crippen molar-refractivity contribution in [3.63, 3.8) is 0 Å². The van der Waals surface area contributed by atoms with Crippen LogP contribution in [0.15, 0.2) is 0 Å². The second-order valence-electron chi connectivity index (χ2n) is 6.87. The smallest absolute Gasteiger partial charge is 0.244 e. The molecular formula is C14H25N3O2. The number of nitrogens with zero attached hydrogens (tertiary/aromatic N) is 1. The van der Waals surface area contributed by atoms with Gasteiger partial charge >= 0.3 is 0 Å². The molecule has 5 heteroatoms. The molecule has 2 heterocycles. The van der Waals surface area contributed by atoms with Crippen LogP contribution in [-0.4, -0.2) is 48.9 Å². The van der Waals surface area contributed by atoms with Gasteiger partial charge in [-0.1, -0.05) is 20.8 Å². The third kappa shape index (κ3) is 3.08. The fourth-order valence-electron chi connectivity index (χ4n) is 2.78. The first-order chi connectivity index (χ1) is 8.79. The van der Waals surface area contributed by atoms with Gasteiger partial charge in [-0.3, -0.25) is 9.59 Å². The van der Waals surface area contributed by atoms with Gasteiger partial charge in [-0.25, -0.2) is 0 Å². The molecule has 19 heavy (non-hydrogen) atoms. The minimum atomic E-state index is -0.458. The number of carbonyl (C=O) groups is 2. The predicted molar refractivity (Wildman–Crippen MR) is 73.5 cm³/mol. The number of rotatable bonds is 2. The van der Waals surface area contributed by atoms with Crippen molar-refractivity contribution in [2.24, 2.45) is 17.3 Å². The van der Waals surface area contributed by atoms with Crippen molar-refractivity contribution in [2.75, 3.05) is 26.2 Å². The van der Waals surface area contributed by atoms with E-state index in [0.717, 1.165) is 26.2 Å². The molecule has 2 N–H and O–H groups in total. The highest BCUT2D eigenvalue weighted by Gasteiger charge is 2.39. The average molecular weight is 267 g/mol. The van der Waals surface area contributed by atoms with Gasteiger partial charge in [0.2, 0.25) is 11.8 Å². The maximum Gasteiger partial charge on any atom is 0.244 e. The molecule has 2 saturated heterocycles. The van der Waals surface area contributed by atoms with Crippen LogP contribution in [-0.2, 0) is 9.59 Å². The Morgan fingerprint density at radius 3 is 2.21 bits per heavy atom. The van der Waals surface area contributed by atoms with E-state index in [2.05, 4.69) is 10.6 Å². The van der Waals surface area contributed by atoms with E-state index in [4.69, 9.17) is 0 Å². The van der Waals surface area contributed by atoms with Crippen LogP contribution in [0.1, 0.15) is 27.7 Å². The molecule has 2 aliphatic heterocycles. The van der Waals surface area contributed by atoms with E-state index in [1.54, 1.807) is 6.92 Å². The van der Waals surface area contributed by atoms with Crippen LogP contribution in [0.3, 0.4) is 0 Å². The molecule has 3 atom stereocenters. The van der Waals surface area contributed by atoms with Gasteiger partial charge in [0.1, 0.15) is 6.04 Å². The summed E-state index contributed by atoms with van der Waals surface area (Å²) in [6.45, 7) is 11.0. The molecule has 0 aromatic rings. The third-order valence-electron chi connectivity index (χ3n) is 4.10. The Morgan fingerprint density at radius 2 is 1.74 bits per heavy atom. The first kappa shape index (κ1) is 14.3. The van der Waals surface area contributed by atoms with E-state index in [9.17, 15) is 9.59 Å². The minimum Gasteiger partial charge on any atom is -0.344 e. The maximum atomic E-state index is 12.3. The quantitative estimate of drug-likeness (QED) is 0.752. The minimum absolute atomic E-state index is 0.0481. The Morgan fingerprint density at radius 1 is 1.21 bits per heavy atom. The molecule has 0 aromatic carbocycles. The zero-order chi connectivity index (χ0) is 14.2. The van der Waals surface area contributed by atoms with E-state index < -0.39 is 11.5 Å². The number of fused-ring (bicyclic) bond motifs is 1. The largest absolute Gasteiger partial charge is 0.344 e. The van der Waals surface area contributed by atoms with E-state index >= 15 is 0 Å². The molecule has 2 rings (SSSR count). The molecule has 108 valence electrons. The van der Waals surface area contributed by atoms with Crippen molar-refractivity contribution in [2.45, 2.75) is 33.7 Å². The highest BCUT2D eigenvalue weighted by molar-refractivity contribution is 5.89. The zero-order valence-corrected chi connectivity index (χ0v) is 12.3. The predicted octanol–water partition coefficient (Wildman–Crippen LogP) is 0.215. The molecule has 2 fully saturated rings. The molecule has 2 aliphatic rings. The van der Waals surface area contributed by atoms with Gasteiger partial charge in [0.05, 0.1) is 0 Å². The summed E-state index contributed by atoms with van der Waals surface area (Å²) in [5.74, 6) is 1.16. The summed E-state index contributed by atoms with van der Waals surface area (Å²) in [5, 5.41) is 6.17. The average Bonchev–Trinajstić information content (AvgIpc) is 2.86. The normalized spacial score (nSPS) is 28.1. The van der Waals surface area contributed by atoms with Gasteiger partial charge in [-0.2, -0.15) is 0 Å². The topological polar surface area (TPSA) is 61.4 Å². The summed E-state index contributed by atoms with van der Waals surface area (Å²) in [6, 6.07) is -0.432. The summed E-state index contributed by atoms with van der Waals surface area (Å²) in [4.78, 5) is 26.1. The summed E-state index contributed by atoms with van der Waals surface area (Å²) in [7, 11) is 0. The van der Waals surface area contributed by atoms with Crippen molar-refractivity contribution in [1.82, 2.24) is 15.5 Å².